The largest absolute Gasteiger partial charge is 0.493 e. The average Bonchev–Trinajstić information content (AvgIpc) is 3.81. The van der Waals surface area contributed by atoms with Gasteiger partial charge < -0.3 is 9.47 Å². The van der Waals surface area contributed by atoms with E-state index in [-0.39, 0.29) is 24.1 Å². The van der Waals surface area contributed by atoms with E-state index in [1.165, 1.54) is 11.3 Å². The van der Waals surface area contributed by atoms with Crippen LogP contribution in [0.2, 0.25) is 51.4 Å². The van der Waals surface area contributed by atoms with E-state index in [2.05, 4.69) is 44.3 Å². The zero-order valence-electron chi connectivity index (χ0n) is 29.7. The minimum absolute atomic E-state index is 0.102. The van der Waals surface area contributed by atoms with Crippen molar-refractivity contribution in [3.63, 3.8) is 0 Å². The first kappa shape index (κ1) is 38.2. The number of methoxy groups -OCH3 is 1. The molecule has 0 saturated heterocycles. The number of hydrogen-bond acceptors (Lipinski definition) is 9. The molecule has 0 N–H and O–H groups in total. The van der Waals surface area contributed by atoms with E-state index in [1.807, 2.05) is 42.5 Å². The molecule has 0 amide bonds. The maximum atomic E-state index is 14.0. The molecule has 1 saturated carbocycles. The smallest absolute Gasteiger partial charge is 0.475 e. The van der Waals surface area contributed by atoms with E-state index >= 15 is 0 Å². The highest BCUT2D eigenvalue weighted by molar-refractivity contribution is 7.48. The minimum Gasteiger partial charge on any atom is -0.493 e. The number of halogens is 1. The lowest BCUT2D eigenvalue weighted by Crippen LogP contribution is -2.27. The normalized spacial score (nSPS) is 19.6. The Kier molecular flexibility index (Phi) is 12.6. The van der Waals surface area contributed by atoms with E-state index in [0.717, 1.165) is 41.8 Å². The van der Waals surface area contributed by atoms with E-state index in [1.54, 1.807) is 18.0 Å². The van der Waals surface area contributed by atoms with Crippen LogP contribution >= 0.6 is 30.8 Å². The lowest BCUT2D eigenvalue weighted by molar-refractivity contribution is 0.0269. The SMILES string of the molecule is COC1=CC(n2cnc3cc(C4=CC=C(Cl)C=CC4)sc3c2=O)CC=C1OC[C@H](OP(=O)(OCC[Si](C)(C)C)OCC[Si](C)(C)C)C1CC1. The predicted molar refractivity (Wildman–Crippen MR) is 206 cm³/mol. The molecule has 2 atom stereocenters. The summed E-state index contributed by atoms with van der Waals surface area (Å²) in [5.74, 6) is 1.29. The Balaban J connectivity index is 1.27. The molecule has 0 aromatic carbocycles. The number of rotatable bonds is 17. The Morgan fingerprint density at radius 1 is 1.06 bits per heavy atom. The summed E-state index contributed by atoms with van der Waals surface area (Å²) >= 11 is 7.61. The van der Waals surface area contributed by atoms with Crippen molar-refractivity contribution in [1.82, 2.24) is 9.55 Å². The summed E-state index contributed by atoms with van der Waals surface area (Å²) in [5, 5.41) is 0.672. The number of phosphoric ester groups is 1. The second-order valence-corrected chi connectivity index (χ2v) is 29.6. The lowest BCUT2D eigenvalue weighted by Gasteiger charge is -2.27. The van der Waals surface area contributed by atoms with E-state index in [9.17, 15) is 9.36 Å². The third kappa shape index (κ3) is 11.0. The number of allylic oxidation sites excluding steroid dienone is 8. The summed E-state index contributed by atoms with van der Waals surface area (Å²) in [7, 11) is -5.05. The third-order valence-corrected chi connectivity index (χ3v) is 14.9. The Morgan fingerprint density at radius 2 is 1.76 bits per heavy atom. The van der Waals surface area contributed by atoms with Gasteiger partial charge in [-0.25, -0.2) is 9.55 Å². The molecular formula is C35H50ClN2O7PSSi2. The van der Waals surface area contributed by atoms with Gasteiger partial charge in [0, 0.05) is 26.1 Å². The fraction of sp³-hybridized carbons (Fsp3) is 0.543. The Bertz CT molecular complexity index is 1740. The number of fused-ring (bicyclic) bond motifs is 1. The molecule has 5 rings (SSSR count). The van der Waals surface area contributed by atoms with Crippen molar-refractivity contribution in [1.29, 1.82) is 0 Å². The van der Waals surface area contributed by atoms with Gasteiger partial charge in [-0.05, 0) is 79.6 Å². The summed E-state index contributed by atoms with van der Waals surface area (Å²) in [6, 6.07) is 3.39. The summed E-state index contributed by atoms with van der Waals surface area (Å²) in [5.41, 5.74) is 1.66. The summed E-state index contributed by atoms with van der Waals surface area (Å²) in [6.45, 7) is 14.4. The highest BCUT2D eigenvalue weighted by atomic mass is 35.5. The maximum absolute atomic E-state index is 14.0. The van der Waals surface area contributed by atoms with Gasteiger partial charge in [-0.2, -0.15) is 0 Å². The number of nitrogens with zero attached hydrogens (tertiary/aromatic N) is 2. The molecule has 3 aliphatic rings. The van der Waals surface area contributed by atoms with E-state index < -0.39 is 30.1 Å². The van der Waals surface area contributed by atoms with Crippen LogP contribution in [-0.4, -0.2) is 58.7 Å². The molecule has 0 radical (unpaired) electrons. The highest BCUT2D eigenvalue weighted by Crippen LogP contribution is 2.54. The number of aromatic nitrogens is 2. The first-order valence-electron chi connectivity index (χ1n) is 17.0. The van der Waals surface area contributed by atoms with Crippen molar-refractivity contribution in [2.45, 2.75) is 89.2 Å². The zero-order valence-corrected chi connectivity index (χ0v) is 34.2. The molecule has 2 heterocycles. The van der Waals surface area contributed by atoms with Crippen LogP contribution in [-0.2, 0) is 27.6 Å². The van der Waals surface area contributed by atoms with Crippen molar-refractivity contribution in [2.75, 3.05) is 26.9 Å². The summed E-state index contributed by atoms with van der Waals surface area (Å²) < 4.78 is 46.3. The number of phosphoric acid groups is 1. The molecule has 14 heteroatoms. The van der Waals surface area contributed by atoms with Gasteiger partial charge in [0.2, 0.25) is 0 Å². The first-order chi connectivity index (χ1) is 23.1. The molecule has 1 fully saturated rings. The predicted octanol–water partition coefficient (Wildman–Crippen LogP) is 9.91. The van der Waals surface area contributed by atoms with Gasteiger partial charge in [-0.15, -0.1) is 11.3 Å². The zero-order chi connectivity index (χ0) is 35.4. The van der Waals surface area contributed by atoms with Gasteiger partial charge in [-0.1, -0.05) is 63.0 Å². The molecule has 0 bridgehead atoms. The quantitative estimate of drug-likeness (QED) is 0.116. The van der Waals surface area contributed by atoms with Crippen LogP contribution in [0.3, 0.4) is 0 Å². The topological polar surface area (TPSA) is 98.1 Å². The molecule has 0 spiro atoms. The molecule has 9 nitrogen and oxygen atoms in total. The number of hydrogen-bond donors (Lipinski definition) is 0. The van der Waals surface area contributed by atoms with Crippen LogP contribution < -0.4 is 5.56 Å². The fourth-order valence-corrected chi connectivity index (χ4v) is 9.73. The monoisotopic (exact) mass is 764 g/mol. The van der Waals surface area contributed by atoms with Crippen molar-refractivity contribution in [2.24, 2.45) is 5.92 Å². The maximum Gasteiger partial charge on any atom is 0.475 e. The third-order valence-electron chi connectivity index (χ3n) is 8.56. The second-order valence-electron chi connectivity index (χ2n) is 15.3. The fourth-order valence-electron chi connectivity index (χ4n) is 5.33. The molecular weight excluding hydrogens is 715 g/mol. The van der Waals surface area contributed by atoms with Crippen molar-refractivity contribution < 1.29 is 27.6 Å². The minimum atomic E-state index is -3.80. The Labute approximate surface area is 301 Å². The Morgan fingerprint density at radius 3 is 2.39 bits per heavy atom. The van der Waals surface area contributed by atoms with E-state index in [0.29, 0.717) is 46.4 Å². The van der Waals surface area contributed by atoms with Crippen molar-refractivity contribution >= 4 is 62.7 Å². The van der Waals surface area contributed by atoms with Gasteiger partial charge in [0.05, 0.1) is 38.2 Å². The molecule has 268 valence electrons. The molecule has 2 aromatic rings. The average molecular weight is 765 g/mol. The van der Waals surface area contributed by atoms with Gasteiger partial charge in [0.15, 0.2) is 11.5 Å². The van der Waals surface area contributed by atoms with Gasteiger partial charge in [0.25, 0.3) is 5.56 Å². The number of thiophene rings is 1. The standard InChI is InChI=1S/C35H50ClN2O7PSSi2/c1-41-31-21-28(38-24-37-29-22-33(47-34(29)35(38)39)26-9-8-10-27(36)14-13-26)15-16-30(31)42-23-32(25-11-12-25)45-46(40,43-17-19-48(2,3)4)44-18-20-49(5,6)7/h8,10,13-14,16,21-22,24-25,28,32H,9,11-12,15,17-20,23H2,1-7H3/t28?,32-/m0/s1. The molecule has 49 heavy (non-hydrogen) atoms. The van der Waals surface area contributed by atoms with Crippen molar-refractivity contribution in [3.8, 4) is 0 Å². The molecule has 1 unspecified atom stereocenters. The van der Waals surface area contributed by atoms with Crippen LogP contribution in [0.25, 0.3) is 15.8 Å². The summed E-state index contributed by atoms with van der Waals surface area (Å²) in [6.07, 6.45) is 15.9. The number of ether oxygens (including phenoxy) is 2. The summed E-state index contributed by atoms with van der Waals surface area (Å²) in [4.78, 5) is 19.3. The lowest BCUT2D eigenvalue weighted by atomic mass is 10.1. The van der Waals surface area contributed by atoms with Crippen LogP contribution in [0.5, 0.6) is 0 Å². The van der Waals surface area contributed by atoms with Crippen LogP contribution in [0.1, 0.15) is 36.6 Å². The molecule has 0 aliphatic heterocycles. The molecule has 2 aromatic heterocycles. The first-order valence-corrected chi connectivity index (χ1v) is 27.1. The van der Waals surface area contributed by atoms with Gasteiger partial charge >= 0.3 is 7.82 Å². The molecule has 3 aliphatic carbocycles. The van der Waals surface area contributed by atoms with Crippen LogP contribution in [0.4, 0.5) is 0 Å². The Hall–Kier alpha value is -2.03. The van der Waals surface area contributed by atoms with Gasteiger partial charge in [0.1, 0.15) is 17.4 Å². The van der Waals surface area contributed by atoms with E-state index in [4.69, 9.17) is 34.6 Å². The van der Waals surface area contributed by atoms with Crippen molar-refractivity contribution in [3.05, 3.63) is 80.6 Å². The highest BCUT2D eigenvalue weighted by Gasteiger charge is 2.41. The second kappa shape index (κ2) is 16.1. The van der Waals surface area contributed by atoms with Crippen LogP contribution in [0, 0.1) is 5.92 Å². The van der Waals surface area contributed by atoms with Crippen LogP contribution in [0.15, 0.2) is 70.2 Å². The van der Waals surface area contributed by atoms with Gasteiger partial charge in [-0.3, -0.25) is 22.9 Å².